The fourth-order valence-corrected chi connectivity index (χ4v) is 5.03. The summed E-state index contributed by atoms with van der Waals surface area (Å²) in [7, 11) is -3.89. The zero-order valence-corrected chi connectivity index (χ0v) is 18.3. The molecule has 4 rings (SSSR count). The Labute approximate surface area is 186 Å². The van der Waals surface area contributed by atoms with E-state index in [0.29, 0.717) is 24.4 Å². The normalized spacial score (nSPS) is 15.6. The van der Waals surface area contributed by atoms with Crippen molar-refractivity contribution in [1.29, 1.82) is 0 Å². The molecule has 32 heavy (non-hydrogen) atoms. The second-order valence-corrected chi connectivity index (χ2v) is 9.46. The summed E-state index contributed by atoms with van der Waals surface area (Å²) in [6.45, 7) is 2.04. The monoisotopic (exact) mass is 454 g/mol. The Morgan fingerprint density at radius 3 is 2.53 bits per heavy atom. The molecule has 0 unspecified atom stereocenters. The van der Waals surface area contributed by atoms with Gasteiger partial charge in [-0.3, -0.25) is 9.10 Å². The molecule has 0 aromatic heterocycles. The summed E-state index contributed by atoms with van der Waals surface area (Å²) >= 11 is 0. The molecular weight excluding hydrogens is 431 g/mol. The number of anilines is 1. The Balaban J connectivity index is 1.54. The van der Waals surface area contributed by atoms with Gasteiger partial charge < -0.3 is 10.1 Å². The van der Waals surface area contributed by atoms with Gasteiger partial charge >= 0.3 is 0 Å². The molecule has 1 aliphatic heterocycles. The van der Waals surface area contributed by atoms with Crippen molar-refractivity contribution in [3.8, 4) is 5.75 Å². The highest BCUT2D eigenvalue weighted by Crippen LogP contribution is 2.37. The summed E-state index contributed by atoms with van der Waals surface area (Å²) in [4.78, 5) is 13.0. The quantitative estimate of drug-likeness (QED) is 0.619. The molecule has 1 aliphatic rings. The average Bonchev–Trinajstić information content (AvgIpc) is 2.80. The molecule has 0 aliphatic carbocycles. The SMILES string of the molecule is Cc1ccc2c(c1)N(S(=O)(=O)c1ccccc1)C[C@@H](C(=O)NCCc1ccc(F)cc1)O2. The third kappa shape index (κ3) is 4.60. The lowest BCUT2D eigenvalue weighted by Crippen LogP contribution is -2.51. The predicted molar refractivity (Wildman–Crippen MR) is 120 cm³/mol. The molecule has 6 nitrogen and oxygen atoms in total. The van der Waals surface area contributed by atoms with E-state index in [9.17, 15) is 17.6 Å². The van der Waals surface area contributed by atoms with Gasteiger partial charge in [0.1, 0.15) is 11.6 Å². The molecule has 0 radical (unpaired) electrons. The highest BCUT2D eigenvalue weighted by atomic mass is 32.2. The molecule has 3 aromatic rings. The molecule has 0 saturated carbocycles. The molecule has 0 fully saturated rings. The van der Waals surface area contributed by atoms with Gasteiger partial charge in [-0.15, -0.1) is 0 Å². The number of halogens is 1. The number of rotatable bonds is 6. The number of benzene rings is 3. The van der Waals surface area contributed by atoms with Gasteiger partial charge in [0.05, 0.1) is 17.1 Å². The molecule has 0 saturated heterocycles. The van der Waals surface area contributed by atoms with E-state index < -0.39 is 22.0 Å². The molecule has 1 atom stereocenters. The standard InChI is InChI=1S/C24H23FN2O4S/c1-17-7-12-22-21(15-17)27(32(29,30)20-5-3-2-4-6-20)16-23(31-22)24(28)26-14-13-18-8-10-19(25)11-9-18/h2-12,15,23H,13-14,16H2,1H3,(H,26,28)/t23-/m0/s1. The first-order valence-corrected chi connectivity index (χ1v) is 11.7. The molecule has 1 N–H and O–H groups in total. The van der Waals surface area contributed by atoms with E-state index in [0.717, 1.165) is 11.1 Å². The molecule has 0 spiro atoms. The van der Waals surface area contributed by atoms with Crippen LogP contribution >= 0.6 is 0 Å². The van der Waals surface area contributed by atoms with Gasteiger partial charge in [0.15, 0.2) is 6.10 Å². The highest BCUT2D eigenvalue weighted by Gasteiger charge is 2.37. The maximum Gasteiger partial charge on any atom is 0.264 e. The zero-order valence-electron chi connectivity index (χ0n) is 17.5. The number of ether oxygens (including phenoxy) is 1. The molecule has 1 amide bonds. The predicted octanol–water partition coefficient (Wildman–Crippen LogP) is 3.45. The smallest absolute Gasteiger partial charge is 0.264 e. The fraction of sp³-hybridized carbons (Fsp3) is 0.208. The topological polar surface area (TPSA) is 75.7 Å². The maximum absolute atomic E-state index is 13.4. The van der Waals surface area contributed by atoms with E-state index in [1.165, 1.54) is 28.6 Å². The van der Waals surface area contributed by atoms with Gasteiger partial charge in [0, 0.05) is 6.54 Å². The fourth-order valence-electron chi connectivity index (χ4n) is 3.54. The second-order valence-electron chi connectivity index (χ2n) is 7.59. The zero-order chi connectivity index (χ0) is 22.7. The van der Waals surface area contributed by atoms with Gasteiger partial charge in [-0.1, -0.05) is 36.4 Å². The molecule has 1 heterocycles. The van der Waals surface area contributed by atoms with Crippen molar-refractivity contribution in [1.82, 2.24) is 5.32 Å². The van der Waals surface area contributed by atoms with Crippen LogP contribution < -0.4 is 14.4 Å². The maximum atomic E-state index is 13.4. The molecule has 0 bridgehead atoms. The van der Waals surface area contributed by atoms with Gasteiger partial charge in [-0.05, 0) is 60.9 Å². The summed E-state index contributed by atoms with van der Waals surface area (Å²) in [5.74, 6) is -0.395. The Bertz CT molecular complexity index is 1210. The van der Waals surface area contributed by atoms with E-state index in [4.69, 9.17) is 4.74 Å². The minimum Gasteiger partial charge on any atom is -0.476 e. The number of hydrogen-bond acceptors (Lipinski definition) is 4. The lowest BCUT2D eigenvalue weighted by atomic mass is 10.1. The van der Waals surface area contributed by atoms with E-state index in [2.05, 4.69) is 5.32 Å². The first kappa shape index (κ1) is 21.8. The van der Waals surface area contributed by atoms with Crippen molar-refractivity contribution < 1.29 is 22.3 Å². The Morgan fingerprint density at radius 1 is 1.09 bits per heavy atom. The van der Waals surface area contributed by atoms with Crippen LogP contribution in [0, 0.1) is 12.7 Å². The molecule has 166 valence electrons. The first-order chi connectivity index (χ1) is 15.3. The number of hydrogen-bond donors (Lipinski definition) is 1. The summed E-state index contributed by atoms with van der Waals surface area (Å²) in [5, 5.41) is 2.79. The largest absolute Gasteiger partial charge is 0.476 e. The van der Waals surface area contributed by atoms with Crippen molar-refractivity contribution >= 4 is 21.6 Å². The van der Waals surface area contributed by atoms with Crippen LogP contribution in [0.4, 0.5) is 10.1 Å². The van der Waals surface area contributed by atoms with Crippen molar-refractivity contribution in [2.45, 2.75) is 24.3 Å². The average molecular weight is 455 g/mol. The van der Waals surface area contributed by atoms with Gasteiger partial charge in [-0.2, -0.15) is 0 Å². The van der Waals surface area contributed by atoms with Gasteiger partial charge in [-0.25, -0.2) is 12.8 Å². The number of nitrogens with one attached hydrogen (secondary N) is 1. The van der Waals surface area contributed by atoms with E-state index in [1.54, 1.807) is 48.5 Å². The summed E-state index contributed by atoms with van der Waals surface area (Å²) < 4.78 is 46.9. The summed E-state index contributed by atoms with van der Waals surface area (Å²) in [6, 6.07) is 19.4. The molecule has 8 heteroatoms. The minimum atomic E-state index is -3.89. The van der Waals surface area contributed by atoms with Crippen molar-refractivity contribution in [3.63, 3.8) is 0 Å². The lowest BCUT2D eigenvalue weighted by Gasteiger charge is -2.35. The Morgan fingerprint density at radius 2 is 1.81 bits per heavy atom. The molecular formula is C24H23FN2O4S. The first-order valence-electron chi connectivity index (χ1n) is 10.2. The Kier molecular flexibility index (Phi) is 6.14. The molecule has 3 aromatic carbocycles. The Hall–Kier alpha value is -3.39. The lowest BCUT2D eigenvalue weighted by molar-refractivity contribution is -0.127. The van der Waals surface area contributed by atoms with E-state index >= 15 is 0 Å². The number of sulfonamides is 1. The van der Waals surface area contributed by atoms with Crippen LogP contribution in [0.1, 0.15) is 11.1 Å². The van der Waals surface area contributed by atoms with Crippen molar-refractivity contribution in [2.24, 2.45) is 0 Å². The van der Waals surface area contributed by atoms with Gasteiger partial charge in [0.2, 0.25) is 0 Å². The van der Waals surface area contributed by atoms with Crippen LogP contribution in [0.15, 0.2) is 77.7 Å². The second kappa shape index (κ2) is 9.00. The number of amides is 1. The van der Waals surface area contributed by atoms with E-state index in [1.807, 2.05) is 6.92 Å². The van der Waals surface area contributed by atoms with Gasteiger partial charge in [0.25, 0.3) is 15.9 Å². The van der Waals surface area contributed by atoms with E-state index in [-0.39, 0.29) is 17.3 Å². The van der Waals surface area contributed by atoms with Crippen molar-refractivity contribution in [3.05, 3.63) is 89.7 Å². The van der Waals surface area contributed by atoms with Crippen LogP contribution in [-0.2, 0) is 21.2 Å². The van der Waals surface area contributed by atoms with Crippen LogP contribution in [0.3, 0.4) is 0 Å². The minimum absolute atomic E-state index is 0.143. The van der Waals surface area contributed by atoms with Crippen LogP contribution in [0.2, 0.25) is 0 Å². The summed E-state index contributed by atoms with van der Waals surface area (Å²) in [6.07, 6.45) is -0.488. The van der Waals surface area contributed by atoms with Crippen LogP contribution in [0.5, 0.6) is 5.75 Å². The number of fused-ring (bicyclic) bond motifs is 1. The highest BCUT2D eigenvalue weighted by molar-refractivity contribution is 7.92. The third-order valence-corrected chi connectivity index (χ3v) is 7.03. The number of carbonyl (C=O) groups is 1. The van der Waals surface area contributed by atoms with Crippen LogP contribution in [0.25, 0.3) is 0 Å². The number of aryl methyl sites for hydroxylation is 1. The van der Waals surface area contributed by atoms with Crippen LogP contribution in [-0.4, -0.2) is 33.5 Å². The third-order valence-electron chi connectivity index (χ3n) is 5.23. The summed E-state index contributed by atoms with van der Waals surface area (Å²) in [5.41, 5.74) is 2.16. The number of nitrogens with zero attached hydrogens (tertiary/aromatic N) is 1. The van der Waals surface area contributed by atoms with Crippen molar-refractivity contribution in [2.75, 3.05) is 17.4 Å². The number of carbonyl (C=O) groups excluding carboxylic acids is 1.